The Balaban J connectivity index is 2.61. The molecule has 20 heavy (non-hydrogen) atoms. The first-order chi connectivity index (χ1) is 9.71. The fourth-order valence-corrected chi connectivity index (χ4v) is 3.05. The van der Waals surface area contributed by atoms with E-state index in [-0.39, 0.29) is 0 Å². The minimum absolute atomic E-state index is 0.543. The van der Waals surface area contributed by atoms with Gasteiger partial charge >= 0.3 is 0 Å². The molecule has 0 aromatic heterocycles. The molecule has 0 saturated heterocycles. The van der Waals surface area contributed by atoms with Crippen molar-refractivity contribution < 1.29 is 0 Å². The van der Waals surface area contributed by atoms with Crippen LogP contribution in [-0.2, 0) is 6.42 Å². The smallest absolute Gasteiger partial charge is 0.0438 e. The Morgan fingerprint density at radius 2 is 1.90 bits per heavy atom. The van der Waals surface area contributed by atoms with Crippen LogP contribution in [0.3, 0.4) is 0 Å². The van der Waals surface area contributed by atoms with E-state index in [1.807, 2.05) is 12.1 Å². The molecule has 0 amide bonds. The van der Waals surface area contributed by atoms with Gasteiger partial charge in [0.25, 0.3) is 0 Å². The lowest BCUT2D eigenvalue weighted by atomic mass is 9.89. The number of benzene rings is 1. The molecule has 0 aliphatic heterocycles. The van der Waals surface area contributed by atoms with E-state index in [0.717, 1.165) is 23.9 Å². The van der Waals surface area contributed by atoms with E-state index in [1.165, 1.54) is 37.7 Å². The molecule has 0 spiro atoms. The van der Waals surface area contributed by atoms with Gasteiger partial charge in [-0.15, -0.1) is 0 Å². The van der Waals surface area contributed by atoms with Gasteiger partial charge in [0.1, 0.15) is 0 Å². The summed E-state index contributed by atoms with van der Waals surface area (Å²) in [5.41, 5.74) is 1.27. The second kappa shape index (κ2) is 10.2. The Hall–Kier alpha value is -0.530. The standard InChI is InChI=1S/C18H30ClN/c1-4-7-10-15(5-2)13-17(20-6-3)14-16-11-8-9-12-18(16)19/h8-9,11-12,15,17,20H,4-7,10,13-14H2,1-3H3. The summed E-state index contributed by atoms with van der Waals surface area (Å²) in [6.07, 6.45) is 7.59. The zero-order chi connectivity index (χ0) is 14.8. The number of likely N-dealkylation sites (N-methyl/N-ethyl adjacent to an activating group) is 1. The predicted molar refractivity (Wildman–Crippen MR) is 90.5 cm³/mol. The number of nitrogens with one attached hydrogen (secondary N) is 1. The van der Waals surface area contributed by atoms with E-state index in [0.29, 0.717) is 6.04 Å². The fraction of sp³-hybridized carbons (Fsp3) is 0.667. The van der Waals surface area contributed by atoms with Crippen molar-refractivity contribution in [1.29, 1.82) is 0 Å². The van der Waals surface area contributed by atoms with Crippen LogP contribution in [0.25, 0.3) is 0 Å². The van der Waals surface area contributed by atoms with Crippen molar-refractivity contribution in [3.05, 3.63) is 34.9 Å². The summed E-state index contributed by atoms with van der Waals surface area (Å²) in [5.74, 6) is 0.835. The molecule has 2 heteroatoms. The molecule has 1 rings (SSSR count). The molecule has 0 saturated carbocycles. The Morgan fingerprint density at radius 3 is 2.50 bits per heavy atom. The van der Waals surface area contributed by atoms with Crippen LogP contribution in [0.4, 0.5) is 0 Å². The zero-order valence-electron chi connectivity index (χ0n) is 13.3. The molecule has 0 fully saturated rings. The van der Waals surface area contributed by atoms with Crippen molar-refractivity contribution in [3.8, 4) is 0 Å². The van der Waals surface area contributed by atoms with Crippen molar-refractivity contribution >= 4 is 11.6 Å². The van der Waals surface area contributed by atoms with Gasteiger partial charge in [-0.05, 0) is 36.9 Å². The highest BCUT2D eigenvalue weighted by atomic mass is 35.5. The minimum atomic E-state index is 0.543. The molecule has 1 aromatic rings. The summed E-state index contributed by atoms with van der Waals surface area (Å²) in [5, 5.41) is 4.54. The van der Waals surface area contributed by atoms with Crippen molar-refractivity contribution in [2.75, 3.05) is 6.54 Å². The van der Waals surface area contributed by atoms with E-state index in [1.54, 1.807) is 0 Å². The lowest BCUT2D eigenvalue weighted by Crippen LogP contribution is -2.33. The maximum absolute atomic E-state index is 6.29. The van der Waals surface area contributed by atoms with Crippen LogP contribution < -0.4 is 5.32 Å². The van der Waals surface area contributed by atoms with Crippen LogP contribution in [-0.4, -0.2) is 12.6 Å². The van der Waals surface area contributed by atoms with E-state index in [4.69, 9.17) is 11.6 Å². The van der Waals surface area contributed by atoms with E-state index >= 15 is 0 Å². The van der Waals surface area contributed by atoms with E-state index in [9.17, 15) is 0 Å². The summed E-state index contributed by atoms with van der Waals surface area (Å²) >= 11 is 6.29. The fourth-order valence-electron chi connectivity index (χ4n) is 2.84. The molecule has 0 aliphatic rings. The average molecular weight is 296 g/mol. The van der Waals surface area contributed by atoms with Crippen molar-refractivity contribution in [2.24, 2.45) is 5.92 Å². The van der Waals surface area contributed by atoms with E-state index in [2.05, 4.69) is 38.2 Å². The summed E-state index contributed by atoms with van der Waals surface area (Å²) < 4.78 is 0. The molecule has 0 aliphatic carbocycles. The molecule has 114 valence electrons. The topological polar surface area (TPSA) is 12.0 Å². The van der Waals surface area contributed by atoms with Crippen LogP contribution in [0.5, 0.6) is 0 Å². The third-order valence-corrected chi connectivity index (χ3v) is 4.45. The quantitative estimate of drug-likeness (QED) is 0.604. The molecule has 0 radical (unpaired) electrons. The first-order valence-electron chi connectivity index (χ1n) is 8.17. The first-order valence-corrected chi connectivity index (χ1v) is 8.55. The van der Waals surface area contributed by atoms with Crippen molar-refractivity contribution in [1.82, 2.24) is 5.32 Å². The highest BCUT2D eigenvalue weighted by Crippen LogP contribution is 2.23. The second-order valence-electron chi connectivity index (χ2n) is 5.70. The number of halogens is 1. The highest BCUT2D eigenvalue weighted by molar-refractivity contribution is 6.31. The normalized spacial score (nSPS) is 14.2. The van der Waals surface area contributed by atoms with Gasteiger partial charge < -0.3 is 5.32 Å². The molecule has 0 bridgehead atoms. The maximum Gasteiger partial charge on any atom is 0.0438 e. The van der Waals surface area contributed by atoms with Gasteiger partial charge in [0.2, 0.25) is 0 Å². The number of rotatable bonds is 10. The Morgan fingerprint density at radius 1 is 1.15 bits per heavy atom. The molecular weight excluding hydrogens is 266 g/mol. The predicted octanol–water partition coefficient (Wildman–Crippen LogP) is 5.47. The zero-order valence-corrected chi connectivity index (χ0v) is 14.0. The molecule has 2 atom stereocenters. The third kappa shape index (κ3) is 6.28. The Kier molecular flexibility index (Phi) is 8.97. The summed E-state index contributed by atoms with van der Waals surface area (Å²) in [6.45, 7) is 7.81. The van der Waals surface area contributed by atoms with Crippen LogP contribution in [0, 0.1) is 5.92 Å². The first kappa shape index (κ1) is 17.5. The Labute approximate surface area is 130 Å². The van der Waals surface area contributed by atoms with Gasteiger partial charge in [0.05, 0.1) is 0 Å². The summed E-state index contributed by atoms with van der Waals surface area (Å²) in [4.78, 5) is 0. The van der Waals surface area contributed by atoms with Crippen LogP contribution >= 0.6 is 11.6 Å². The van der Waals surface area contributed by atoms with Crippen molar-refractivity contribution in [2.45, 2.75) is 65.3 Å². The van der Waals surface area contributed by atoms with Gasteiger partial charge in [-0.25, -0.2) is 0 Å². The Bertz CT molecular complexity index is 364. The SMILES string of the molecule is CCCCC(CC)CC(Cc1ccccc1Cl)NCC. The van der Waals surface area contributed by atoms with Gasteiger partial charge in [0, 0.05) is 11.1 Å². The molecular formula is C18H30ClN. The largest absolute Gasteiger partial charge is 0.314 e. The molecule has 2 unspecified atom stereocenters. The molecule has 1 aromatic carbocycles. The van der Waals surface area contributed by atoms with Gasteiger partial charge in [-0.2, -0.15) is 0 Å². The summed E-state index contributed by atoms with van der Waals surface area (Å²) in [7, 11) is 0. The monoisotopic (exact) mass is 295 g/mol. The number of hydrogen-bond donors (Lipinski definition) is 1. The highest BCUT2D eigenvalue weighted by Gasteiger charge is 2.16. The number of hydrogen-bond acceptors (Lipinski definition) is 1. The molecule has 1 N–H and O–H groups in total. The maximum atomic E-state index is 6.29. The van der Waals surface area contributed by atoms with Crippen LogP contribution in [0.15, 0.2) is 24.3 Å². The molecule has 1 nitrogen and oxygen atoms in total. The second-order valence-corrected chi connectivity index (χ2v) is 6.11. The van der Waals surface area contributed by atoms with Gasteiger partial charge in [-0.1, -0.05) is 76.3 Å². The van der Waals surface area contributed by atoms with Gasteiger partial charge in [0.15, 0.2) is 0 Å². The van der Waals surface area contributed by atoms with Crippen molar-refractivity contribution in [3.63, 3.8) is 0 Å². The molecule has 0 heterocycles. The third-order valence-electron chi connectivity index (χ3n) is 4.08. The lowest BCUT2D eigenvalue weighted by Gasteiger charge is -2.24. The number of unbranched alkanes of at least 4 members (excludes halogenated alkanes) is 1. The lowest BCUT2D eigenvalue weighted by molar-refractivity contribution is 0.350. The van der Waals surface area contributed by atoms with Gasteiger partial charge in [-0.3, -0.25) is 0 Å². The minimum Gasteiger partial charge on any atom is -0.314 e. The summed E-state index contributed by atoms with van der Waals surface area (Å²) in [6, 6.07) is 8.78. The average Bonchev–Trinajstić information content (AvgIpc) is 2.46. The van der Waals surface area contributed by atoms with Crippen LogP contribution in [0.1, 0.15) is 58.4 Å². The van der Waals surface area contributed by atoms with E-state index < -0.39 is 0 Å². The van der Waals surface area contributed by atoms with Crippen LogP contribution in [0.2, 0.25) is 5.02 Å².